The predicted octanol–water partition coefficient (Wildman–Crippen LogP) is 4.20. The van der Waals surface area contributed by atoms with Gasteiger partial charge in [0.1, 0.15) is 0 Å². The molecule has 0 spiro atoms. The third-order valence-electron chi connectivity index (χ3n) is 6.43. The first-order chi connectivity index (χ1) is 16.0. The van der Waals surface area contributed by atoms with E-state index in [2.05, 4.69) is 34.6 Å². The second kappa shape index (κ2) is 9.99. The van der Waals surface area contributed by atoms with Gasteiger partial charge in [0.05, 0.1) is 11.8 Å². The Balaban J connectivity index is 1.54. The number of benzene rings is 2. The van der Waals surface area contributed by atoms with Crippen LogP contribution in [0.25, 0.3) is 11.1 Å². The molecule has 0 unspecified atom stereocenters. The first kappa shape index (κ1) is 22.7. The number of carbonyl (C=O) groups is 2. The molecule has 2 aromatic carbocycles. The first-order valence-electron chi connectivity index (χ1n) is 11.6. The largest absolute Gasteiger partial charge is 0.356 e. The summed E-state index contributed by atoms with van der Waals surface area (Å²) in [7, 11) is 0. The number of likely N-dealkylation sites (tertiary alicyclic amines) is 1. The van der Waals surface area contributed by atoms with Crippen molar-refractivity contribution in [3.8, 4) is 11.1 Å². The molecule has 0 radical (unpaired) electrons. The molecule has 0 aliphatic carbocycles. The lowest BCUT2D eigenvalue weighted by Crippen LogP contribution is -2.45. The minimum Gasteiger partial charge on any atom is -0.356 e. The van der Waals surface area contributed by atoms with E-state index in [4.69, 9.17) is 0 Å². The number of nitrogens with one attached hydrogen (secondary N) is 1. The van der Waals surface area contributed by atoms with Crippen LogP contribution in [0.2, 0.25) is 0 Å². The number of aromatic nitrogens is 1. The second-order valence-electron chi connectivity index (χ2n) is 8.99. The van der Waals surface area contributed by atoms with Gasteiger partial charge >= 0.3 is 0 Å². The lowest BCUT2D eigenvalue weighted by Gasteiger charge is -2.28. The van der Waals surface area contributed by atoms with E-state index >= 15 is 0 Å². The summed E-state index contributed by atoms with van der Waals surface area (Å²) in [6, 6.07) is 20.3. The minimum atomic E-state index is -0.619. The Labute approximate surface area is 195 Å². The van der Waals surface area contributed by atoms with Crippen molar-refractivity contribution in [2.75, 3.05) is 19.6 Å². The summed E-state index contributed by atoms with van der Waals surface area (Å²) in [5.41, 5.74) is 4.76. The highest BCUT2D eigenvalue weighted by molar-refractivity contribution is 5.86. The van der Waals surface area contributed by atoms with Gasteiger partial charge in [0.2, 0.25) is 11.8 Å². The lowest BCUT2D eigenvalue weighted by molar-refractivity contribution is -0.132. The van der Waals surface area contributed by atoms with Crippen molar-refractivity contribution in [1.29, 1.82) is 0 Å². The number of hydrogen-bond donors (Lipinski definition) is 1. The van der Waals surface area contributed by atoms with Gasteiger partial charge in [0.25, 0.3) is 0 Å². The summed E-state index contributed by atoms with van der Waals surface area (Å²) in [6.07, 6.45) is 5.23. The van der Waals surface area contributed by atoms with Crippen LogP contribution in [-0.4, -0.2) is 41.3 Å². The Morgan fingerprint density at radius 1 is 1.03 bits per heavy atom. The van der Waals surface area contributed by atoms with E-state index < -0.39 is 5.41 Å². The summed E-state index contributed by atoms with van der Waals surface area (Å²) in [5, 5.41) is 3.02. The number of amides is 2. The fourth-order valence-electron chi connectivity index (χ4n) is 4.74. The maximum absolute atomic E-state index is 13.2. The molecule has 170 valence electrons. The molecule has 4 rings (SSSR count). The fourth-order valence-corrected chi connectivity index (χ4v) is 4.74. The minimum absolute atomic E-state index is 0.0302. The topological polar surface area (TPSA) is 62.3 Å². The molecule has 1 aliphatic heterocycles. The average molecular weight is 442 g/mol. The zero-order valence-electron chi connectivity index (χ0n) is 19.4. The molecule has 2 heterocycles. The molecular weight excluding hydrogens is 410 g/mol. The van der Waals surface area contributed by atoms with Crippen molar-refractivity contribution in [3.05, 3.63) is 89.7 Å². The maximum Gasteiger partial charge on any atom is 0.228 e. The fraction of sp³-hybridized carbons (Fsp3) is 0.321. The van der Waals surface area contributed by atoms with Crippen LogP contribution >= 0.6 is 0 Å². The van der Waals surface area contributed by atoms with Crippen LogP contribution in [0.1, 0.15) is 30.0 Å². The third kappa shape index (κ3) is 5.30. The Morgan fingerprint density at radius 2 is 1.82 bits per heavy atom. The molecular formula is C28H31N3O2. The summed E-state index contributed by atoms with van der Waals surface area (Å²) < 4.78 is 0. The molecule has 33 heavy (non-hydrogen) atoms. The molecule has 5 heteroatoms. The molecule has 0 saturated carbocycles. The molecule has 5 nitrogen and oxygen atoms in total. The quantitative estimate of drug-likeness (QED) is 0.598. The summed E-state index contributed by atoms with van der Waals surface area (Å²) in [4.78, 5) is 32.4. The van der Waals surface area contributed by atoms with E-state index in [1.807, 2.05) is 61.3 Å². The van der Waals surface area contributed by atoms with Gasteiger partial charge in [-0.1, -0.05) is 60.2 Å². The first-order valence-corrected chi connectivity index (χ1v) is 11.6. The lowest BCUT2D eigenvalue weighted by atomic mass is 9.79. The van der Waals surface area contributed by atoms with E-state index in [9.17, 15) is 9.59 Å². The zero-order valence-corrected chi connectivity index (χ0v) is 19.4. The smallest absolute Gasteiger partial charge is 0.228 e. The Bertz CT molecular complexity index is 1130. The van der Waals surface area contributed by atoms with Crippen molar-refractivity contribution in [2.45, 2.75) is 33.1 Å². The van der Waals surface area contributed by atoms with Crippen molar-refractivity contribution >= 4 is 11.8 Å². The van der Waals surface area contributed by atoms with Crippen molar-refractivity contribution < 1.29 is 9.59 Å². The van der Waals surface area contributed by atoms with Crippen LogP contribution in [0, 0.1) is 12.3 Å². The van der Waals surface area contributed by atoms with Crippen LogP contribution in [0.4, 0.5) is 0 Å². The Morgan fingerprint density at radius 3 is 2.58 bits per heavy atom. The monoisotopic (exact) mass is 441 g/mol. The van der Waals surface area contributed by atoms with Crippen LogP contribution in [0.3, 0.4) is 0 Å². The molecule has 3 aromatic rings. The number of hydrogen-bond acceptors (Lipinski definition) is 3. The third-order valence-corrected chi connectivity index (χ3v) is 6.43. The molecule has 2 amide bonds. The number of pyridine rings is 1. The van der Waals surface area contributed by atoms with Gasteiger partial charge in [-0.3, -0.25) is 14.6 Å². The second-order valence-corrected chi connectivity index (χ2v) is 8.99. The van der Waals surface area contributed by atoms with E-state index in [0.717, 1.165) is 27.8 Å². The van der Waals surface area contributed by atoms with Crippen LogP contribution < -0.4 is 5.32 Å². The SMILES string of the molecule is CCNC(=O)[C@]1(Cc2cccc(-c3cccnc3)c2)CCN(C(=O)Cc2cccc(C)c2)C1. The van der Waals surface area contributed by atoms with E-state index in [-0.39, 0.29) is 11.8 Å². The normalized spacial score (nSPS) is 17.7. The van der Waals surface area contributed by atoms with Crippen molar-refractivity contribution in [3.63, 3.8) is 0 Å². The summed E-state index contributed by atoms with van der Waals surface area (Å²) in [5.74, 6) is 0.110. The van der Waals surface area contributed by atoms with Crippen LogP contribution in [-0.2, 0) is 22.4 Å². The van der Waals surface area contributed by atoms with Gasteiger partial charge < -0.3 is 10.2 Å². The molecule has 1 aromatic heterocycles. The van der Waals surface area contributed by atoms with Gasteiger partial charge in [-0.05, 0) is 55.0 Å². The van der Waals surface area contributed by atoms with Gasteiger partial charge in [-0.25, -0.2) is 0 Å². The summed E-state index contributed by atoms with van der Waals surface area (Å²) >= 11 is 0. The van der Waals surface area contributed by atoms with Crippen molar-refractivity contribution in [2.24, 2.45) is 5.41 Å². The highest BCUT2D eigenvalue weighted by Crippen LogP contribution is 2.36. The molecule has 1 N–H and O–H groups in total. The van der Waals surface area contributed by atoms with Crippen LogP contribution in [0.15, 0.2) is 73.1 Å². The molecule has 1 aliphatic rings. The van der Waals surface area contributed by atoms with Gasteiger partial charge in [0.15, 0.2) is 0 Å². The molecule has 1 fully saturated rings. The zero-order chi connectivity index (χ0) is 23.3. The number of carbonyl (C=O) groups excluding carboxylic acids is 2. The average Bonchev–Trinajstić information content (AvgIpc) is 3.25. The highest BCUT2D eigenvalue weighted by Gasteiger charge is 2.45. The Hall–Kier alpha value is -3.47. The standard InChI is InChI=1S/C28H31N3O2/c1-3-30-27(33)28(18-23-9-5-10-24(16-23)25-11-6-13-29-19-25)12-14-31(20-28)26(32)17-22-8-4-7-21(2)15-22/h4-11,13,15-16,19H,3,12,14,17-18,20H2,1-2H3,(H,30,33)/t28-/m0/s1. The number of nitrogens with zero attached hydrogens (tertiary/aromatic N) is 2. The van der Waals surface area contributed by atoms with Crippen molar-refractivity contribution in [1.82, 2.24) is 15.2 Å². The van der Waals surface area contributed by atoms with Gasteiger partial charge in [0, 0.05) is 32.0 Å². The highest BCUT2D eigenvalue weighted by atomic mass is 16.2. The maximum atomic E-state index is 13.2. The van der Waals surface area contributed by atoms with Gasteiger partial charge in [-0.15, -0.1) is 0 Å². The van der Waals surface area contributed by atoms with Crippen LogP contribution in [0.5, 0.6) is 0 Å². The van der Waals surface area contributed by atoms with E-state index in [0.29, 0.717) is 38.9 Å². The number of aryl methyl sites for hydroxylation is 1. The molecule has 0 bridgehead atoms. The predicted molar refractivity (Wildman–Crippen MR) is 131 cm³/mol. The van der Waals surface area contributed by atoms with E-state index in [1.165, 1.54) is 0 Å². The molecule has 1 atom stereocenters. The van der Waals surface area contributed by atoms with E-state index in [1.54, 1.807) is 6.20 Å². The number of rotatable bonds is 7. The Kier molecular flexibility index (Phi) is 6.87. The molecule has 1 saturated heterocycles. The summed E-state index contributed by atoms with van der Waals surface area (Å²) in [6.45, 7) is 5.59. The van der Waals surface area contributed by atoms with Gasteiger partial charge in [-0.2, -0.15) is 0 Å².